The van der Waals surface area contributed by atoms with Crippen molar-refractivity contribution in [3.8, 4) is 0 Å². The summed E-state index contributed by atoms with van der Waals surface area (Å²) in [5, 5.41) is 0. The van der Waals surface area contributed by atoms with Crippen molar-refractivity contribution in [3.05, 3.63) is 24.2 Å². The molecule has 0 atom stereocenters. The lowest BCUT2D eigenvalue weighted by molar-refractivity contribution is 0.110. The van der Waals surface area contributed by atoms with Crippen molar-refractivity contribution in [3.63, 3.8) is 0 Å². The lowest BCUT2D eigenvalue weighted by Crippen LogP contribution is -2.08. The first-order valence-electron chi connectivity index (χ1n) is 4.38. The van der Waals surface area contributed by atoms with Gasteiger partial charge in [0.1, 0.15) is 6.61 Å². The van der Waals surface area contributed by atoms with Gasteiger partial charge in [-0.05, 0) is 12.1 Å². The van der Waals surface area contributed by atoms with Gasteiger partial charge in [-0.2, -0.15) is 4.98 Å². The fourth-order valence-electron chi connectivity index (χ4n) is 1.12. The SMILES string of the molecule is NCCOCc1nc2ncccc2o1. The molecule has 0 aliphatic carbocycles. The van der Waals surface area contributed by atoms with E-state index in [1.165, 1.54) is 0 Å². The number of fused-ring (bicyclic) bond motifs is 1. The molecule has 74 valence electrons. The van der Waals surface area contributed by atoms with E-state index in [2.05, 4.69) is 9.97 Å². The van der Waals surface area contributed by atoms with Crippen molar-refractivity contribution >= 4 is 11.2 Å². The number of oxazole rings is 1. The number of hydrogen-bond acceptors (Lipinski definition) is 5. The summed E-state index contributed by atoms with van der Waals surface area (Å²) in [6, 6.07) is 3.62. The molecule has 0 aromatic carbocycles. The standard InChI is InChI=1S/C9H11N3O2/c10-3-5-13-6-8-12-9-7(14-8)2-1-4-11-9/h1-2,4H,3,5-6,10H2. The molecule has 2 aromatic rings. The zero-order chi connectivity index (χ0) is 9.80. The molecule has 0 amide bonds. The molecule has 14 heavy (non-hydrogen) atoms. The Balaban J connectivity index is 2.11. The van der Waals surface area contributed by atoms with Crippen LogP contribution in [0, 0.1) is 0 Å². The third-order valence-electron chi connectivity index (χ3n) is 1.70. The van der Waals surface area contributed by atoms with Crippen LogP contribution in [-0.2, 0) is 11.3 Å². The topological polar surface area (TPSA) is 74.2 Å². The highest BCUT2D eigenvalue weighted by Gasteiger charge is 2.04. The first-order valence-corrected chi connectivity index (χ1v) is 4.38. The molecule has 0 fully saturated rings. The summed E-state index contributed by atoms with van der Waals surface area (Å²) in [6.45, 7) is 1.35. The van der Waals surface area contributed by atoms with E-state index in [0.717, 1.165) is 0 Å². The second-order valence-corrected chi connectivity index (χ2v) is 2.77. The zero-order valence-electron chi connectivity index (χ0n) is 7.64. The maximum atomic E-state index is 5.38. The molecule has 0 aliphatic rings. The summed E-state index contributed by atoms with van der Waals surface area (Å²) < 4.78 is 10.6. The maximum absolute atomic E-state index is 5.38. The number of pyridine rings is 1. The van der Waals surface area contributed by atoms with Crippen LogP contribution in [0.4, 0.5) is 0 Å². The Morgan fingerprint density at radius 3 is 3.21 bits per heavy atom. The molecule has 5 nitrogen and oxygen atoms in total. The van der Waals surface area contributed by atoms with Crippen molar-refractivity contribution in [2.45, 2.75) is 6.61 Å². The fourth-order valence-corrected chi connectivity index (χ4v) is 1.12. The van der Waals surface area contributed by atoms with Gasteiger partial charge in [0.2, 0.25) is 5.89 Å². The fraction of sp³-hybridized carbons (Fsp3) is 0.333. The van der Waals surface area contributed by atoms with Crippen molar-refractivity contribution in [1.82, 2.24) is 9.97 Å². The van der Waals surface area contributed by atoms with E-state index in [4.69, 9.17) is 14.9 Å². The summed E-state index contributed by atoms with van der Waals surface area (Å²) in [5.74, 6) is 0.534. The molecule has 0 radical (unpaired) electrons. The molecule has 2 heterocycles. The molecule has 2 N–H and O–H groups in total. The summed E-state index contributed by atoms with van der Waals surface area (Å²) in [6.07, 6.45) is 1.68. The average molecular weight is 193 g/mol. The van der Waals surface area contributed by atoms with Gasteiger partial charge < -0.3 is 14.9 Å². The summed E-state index contributed by atoms with van der Waals surface area (Å²) in [4.78, 5) is 8.19. The van der Waals surface area contributed by atoms with Crippen LogP contribution in [-0.4, -0.2) is 23.1 Å². The number of nitrogens with zero attached hydrogens (tertiary/aromatic N) is 2. The Morgan fingerprint density at radius 2 is 2.43 bits per heavy atom. The predicted molar refractivity (Wildman–Crippen MR) is 50.5 cm³/mol. The molecule has 2 aromatic heterocycles. The molecule has 0 saturated heterocycles. The maximum Gasteiger partial charge on any atom is 0.223 e. The average Bonchev–Trinajstić information content (AvgIpc) is 2.60. The van der Waals surface area contributed by atoms with E-state index in [1.54, 1.807) is 12.3 Å². The van der Waals surface area contributed by atoms with Gasteiger partial charge in [0.05, 0.1) is 6.61 Å². The predicted octanol–water partition coefficient (Wildman–Crippen LogP) is 0.698. The van der Waals surface area contributed by atoms with Crippen LogP contribution >= 0.6 is 0 Å². The summed E-state index contributed by atoms with van der Waals surface area (Å²) >= 11 is 0. The van der Waals surface area contributed by atoms with E-state index in [0.29, 0.717) is 36.9 Å². The molecule has 5 heteroatoms. The van der Waals surface area contributed by atoms with Crippen molar-refractivity contribution in [2.24, 2.45) is 5.73 Å². The van der Waals surface area contributed by atoms with E-state index in [-0.39, 0.29) is 0 Å². The third-order valence-corrected chi connectivity index (χ3v) is 1.70. The van der Waals surface area contributed by atoms with Crippen molar-refractivity contribution in [1.29, 1.82) is 0 Å². The molecule has 0 spiro atoms. The first kappa shape index (κ1) is 9.11. The molecule has 2 rings (SSSR count). The van der Waals surface area contributed by atoms with Gasteiger partial charge in [-0.25, -0.2) is 4.98 Å². The first-order chi connectivity index (χ1) is 6.90. The lowest BCUT2D eigenvalue weighted by atomic mass is 10.5. The molecular formula is C9H11N3O2. The minimum atomic E-state index is 0.341. The Bertz CT molecular complexity index is 380. The van der Waals surface area contributed by atoms with Crippen LogP contribution in [0.5, 0.6) is 0 Å². The Morgan fingerprint density at radius 1 is 1.50 bits per heavy atom. The van der Waals surface area contributed by atoms with E-state index >= 15 is 0 Å². The number of ether oxygens (including phenoxy) is 1. The van der Waals surface area contributed by atoms with E-state index < -0.39 is 0 Å². The van der Waals surface area contributed by atoms with Crippen LogP contribution in [0.15, 0.2) is 22.7 Å². The highest BCUT2D eigenvalue weighted by atomic mass is 16.5. The van der Waals surface area contributed by atoms with E-state index in [1.807, 2.05) is 6.07 Å². The number of hydrogen-bond donors (Lipinski definition) is 1. The van der Waals surface area contributed by atoms with Crippen LogP contribution < -0.4 is 5.73 Å². The monoisotopic (exact) mass is 193 g/mol. The summed E-state index contributed by atoms with van der Waals surface area (Å²) in [7, 11) is 0. The largest absolute Gasteiger partial charge is 0.436 e. The van der Waals surface area contributed by atoms with Crippen molar-refractivity contribution in [2.75, 3.05) is 13.2 Å². The zero-order valence-corrected chi connectivity index (χ0v) is 7.64. The van der Waals surface area contributed by atoms with Crippen molar-refractivity contribution < 1.29 is 9.15 Å². The molecule has 0 aliphatic heterocycles. The quantitative estimate of drug-likeness (QED) is 0.723. The Kier molecular flexibility index (Phi) is 2.71. The van der Waals surface area contributed by atoms with Gasteiger partial charge in [-0.3, -0.25) is 0 Å². The van der Waals surface area contributed by atoms with Gasteiger partial charge in [0, 0.05) is 12.7 Å². The van der Waals surface area contributed by atoms with Crippen LogP contribution in [0.2, 0.25) is 0 Å². The molecule has 0 unspecified atom stereocenters. The third kappa shape index (κ3) is 1.89. The lowest BCUT2D eigenvalue weighted by Gasteiger charge is -1.95. The molecule has 0 saturated carbocycles. The van der Waals surface area contributed by atoms with E-state index in [9.17, 15) is 0 Å². The molecule has 0 bridgehead atoms. The summed E-state index contributed by atoms with van der Waals surface area (Å²) in [5.41, 5.74) is 6.57. The highest BCUT2D eigenvalue weighted by molar-refractivity contribution is 5.66. The van der Waals surface area contributed by atoms with Crippen LogP contribution in [0.3, 0.4) is 0 Å². The minimum absolute atomic E-state index is 0.341. The molecular weight excluding hydrogens is 182 g/mol. The second kappa shape index (κ2) is 4.17. The second-order valence-electron chi connectivity index (χ2n) is 2.77. The normalized spacial score (nSPS) is 10.9. The van der Waals surface area contributed by atoms with Gasteiger partial charge in [0.15, 0.2) is 11.2 Å². The van der Waals surface area contributed by atoms with Gasteiger partial charge >= 0.3 is 0 Å². The van der Waals surface area contributed by atoms with Gasteiger partial charge in [-0.15, -0.1) is 0 Å². The van der Waals surface area contributed by atoms with Crippen LogP contribution in [0.25, 0.3) is 11.2 Å². The highest BCUT2D eigenvalue weighted by Crippen LogP contribution is 2.12. The van der Waals surface area contributed by atoms with Crippen LogP contribution in [0.1, 0.15) is 5.89 Å². The Labute approximate surface area is 80.9 Å². The van der Waals surface area contributed by atoms with Gasteiger partial charge in [-0.1, -0.05) is 0 Å². The Hall–Kier alpha value is -1.46. The smallest absolute Gasteiger partial charge is 0.223 e. The number of nitrogens with two attached hydrogens (primary N) is 1. The minimum Gasteiger partial charge on any atom is -0.436 e. The number of aromatic nitrogens is 2. The van der Waals surface area contributed by atoms with Gasteiger partial charge in [0.25, 0.3) is 0 Å². The number of rotatable bonds is 4.